The molecule has 0 bridgehead atoms. The van der Waals surface area contributed by atoms with E-state index in [-0.39, 0.29) is 29.3 Å². The number of carbonyl (C=O) groups is 2. The highest BCUT2D eigenvalue weighted by Gasteiger charge is 2.38. The largest absolute Gasteiger partial charge is 0.455 e. The van der Waals surface area contributed by atoms with Crippen molar-refractivity contribution in [2.24, 2.45) is 5.41 Å². The van der Waals surface area contributed by atoms with Crippen LogP contribution in [0, 0.1) is 12.3 Å². The predicted molar refractivity (Wildman–Crippen MR) is 85.8 cm³/mol. The highest BCUT2D eigenvalue weighted by Crippen LogP contribution is 2.38. The molecule has 1 fully saturated rings. The summed E-state index contributed by atoms with van der Waals surface area (Å²) in [6.45, 7) is 10.9. The monoisotopic (exact) mass is 319 g/mol. The van der Waals surface area contributed by atoms with E-state index in [1.165, 1.54) is 0 Å². The van der Waals surface area contributed by atoms with E-state index in [1.54, 1.807) is 4.90 Å². The molecular formula is C18H25NO4. The zero-order chi connectivity index (χ0) is 16.9. The second kappa shape index (κ2) is 5.48. The smallest absolute Gasteiger partial charge is 0.290 e. The van der Waals surface area contributed by atoms with Gasteiger partial charge in [-0.2, -0.15) is 0 Å². The van der Waals surface area contributed by atoms with Gasteiger partial charge in [-0.15, -0.1) is 0 Å². The van der Waals surface area contributed by atoms with Gasteiger partial charge in [0.05, 0.1) is 17.8 Å². The summed E-state index contributed by atoms with van der Waals surface area (Å²) in [5, 5.41) is 0. The average Bonchev–Trinajstić information content (AvgIpc) is 2.72. The average molecular weight is 319 g/mol. The van der Waals surface area contributed by atoms with Crippen molar-refractivity contribution in [2.75, 3.05) is 13.1 Å². The SMILES string of the molecule is Cc1c(C(=O)N2C[C@H](C)O[C@@H](C)C2)oc2c1C(=O)CC(C)(C)C2. The molecule has 23 heavy (non-hydrogen) atoms. The van der Waals surface area contributed by atoms with Crippen LogP contribution in [-0.4, -0.2) is 41.9 Å². The molecule has 0 saturated carbocycles. The van der Waals surface area contributed by atoms with Crippen LogP contribution in [0.15, 0.2) is 4.42 Å². The highest BCUT2D eigenvalue weighted by atomic mass is 16.5. The van der Waals surface area contributed by atoms with Gasteiger partial charge in [0.15, 0.2) is 11.5 Å². The van der Waals surface area contributed by atoms with Crippen LogP contribution in [0.1, 0.15) is 66.4 Å². The second-order valence-corrected chi connectivity index (χ2v) is 7.76. The van der Waals surface area contributed by atoms with Crippen LogP contribution in [0.25, 0.3) is 0 Å². The molecule has 3 rings (SSSR count). The van der Waals surface area contributed by atoms with Gasteiger partial charge < -0.3 is 14.1 Å². The maximum absolute atomic E-state index is 12.9. The van der Waals surface area contributed by atoms with E-state index in [4.69, 9.17) is 9.15 Å². The van der Waals surface area contributed by atoms with Crippen molar-refractivity contribution >= 4 is 11.7 Å². The van der Waals surface area contributed by atoms with Crippen LogP contribution < -0.4 is 0 Å². The predicted octanol–water partition coefficient (Wildman–Crippen LogP) is 2.99. The summed E-state index contributed by atoms with van der Waals surface area (Å²) in [6.07, 6.45) is 1.21. The van der Waals surface area contributed by atoms with Gasteiger partial charge in [-0.3, -0.25) is 9.59 Å². The van der Waals surface area contributed by atoms with Gasteiger partial charge in [0.25, 0.3) is 5.91 Å². The maximum atomic E-state index is 12.9. The number of carbonyl (C=O) groups excluding carboxylic acids is 2. The third-order valence-corrected chi connectivity index (χ3v) is 4.68. The number of Topliss-reactive ketones (excluding diaryl/α,β-unsaturated/α-hetero) is 1. The lowest BCUT2D eigenvalue weighted by Crippen LogP contribution is -2.48. The van der Waals surface area contributed by atoms with E-state index in [1.807, 2.05) is 20.8 Å². The molecule has 1 amide bonds. The molecule has 0 aromatic carbocycles. The third-order valence-electron chi connectivity index (χ3n) is 4.68. The topological polar surface area (TPSA) is 59.8 Å². The van der Waals surface area contributed by atoms with E-state index in [2.05, 4.69) is 13.8 Å². The number of ether oxygens (including phenoxy) is 1. The fraction of sp³-hybridized carbons (Fsp3) is 0.667. The van der Waals surface area contributed by atoms with E-state index in [0.29, 0.717) is 48.6 Å². The molecule has 1 aromatic rings. The Morgan fingerprint density at radius 2 is 1.78 bits per heavy atom. The highest BCUT2D eigenvalue weighted by molar-refractivity contribution is 6.03. The first kappa shape index (κ1) is 16.2. The van der Waals surface area contributed by atoms with E-state index in [0.717, 1.165) is 0 Å². The van der Waals surface area contributed by atoms with Crippen LogP contribution in [0.5, 0.6) is 0 Å². The van der Waals surface area contributed by atoms with Crippen LogP contribution in [0.2, 0.25) is 0 Å². The van der Waals surface area contributed by atoms with Gasteiger partial charge in [0, 0.05) is 31.5 Å². The van der Waals surface area contributed by atoms with Crippen molar-refractivity contribution in [3.05, 3.63) is 22.6 Å². The van der Waals surface area contributed by atoms with Crippen molar-refractivity contribution < 1.29 is 18.7 Å². The Hall–Kier alpha value is -1.62. The molecule has 0 radical (unpaired) electrons. The van der Waals surface area contributed by atoms with Crippen molar-refractivity contribution in [1.82, 2.24) is 4.90 Å². The molecule has 1 aromatic heterocycles. The molecule has 2 aliphatic rings. The van der Waals surface area contributed by atoms with Gasteiger partial charge in [-0.1, -0.05) is 13.8 Å². The van der Waals surface area contributed by atoms with E-state index in [9.17, 15) is 9.59 Å². The Morgan fingerprint density at radius 3 is 2.39 bits per heavy atom. The van der Waals surface area contributed by atoms with Crippen LogP contribution in [0.3, 0.4) is 0 Å². The molecule has 2 heterocycles. The number of hydrogen-bond donors (Lipinski definition) is 0. The van der Waals surface area contributed by atoms with Crippen molar-refractivity contribution in [1.29, 1.82) is 0 Å². The number of furan rings is 1. The lowest BCUT2D eigenvalue weighted by molar-refractivity contribution is -0.0592. The molecule has 5 nitrogen and oxygen atoms in total. The first-order valence-corrected chi connectivity index (χ1v) is 8.28. The number of morpholine rings is 1. The minimum Gasteiger partial charge on any atom is -0.455 e. The Balaban J connectivity index is 1.93. The molecular weight excluding hydrogens is 294 g/mol. The fourth-order valence-corrected chi connectivity index (χ4v) is 3.77. The summed E-state index contributed by atoms with van der Waals surface area (Å²) in [7, 11) is 0. The van der Waals surface area contributed by atoms with Crippen molar-refractivity contribution in [2.45, 2.75) is 59.7 Å². The summed E-state index contributed by atoms with van der Waals surface area (Å²) >= 11 is 0. The van der Waals surface area contributed by atoms with E-state index < -0.39 is 0 Å². The van der Waals surface area contributed by atoms with E-state index >= 15 is 0 Å². The minimum atomic E-state index is -0.135. The number of amides is 1. The molecule has 5 heteroatoms. The number of fused-ring (bicyclic) bond motifs is 1. The summed E-state index contributed by atoms with van der Waals surface area (Å²) < 4.78 is 11.6. The molecule has 0 unspecified atom stereocenters. The molecule has 1 aliphatic heterocycles. The Morgan fingerprint density at radius 1 is 1.17 bits per heavy atom. The number of hydrogen-bond acceptors (Lipinski definition) is 4. The Bertz CT molecular complexity index is 648. The maximum Gasteiger partial charge on any atom is 0.290 e. The molecule has 2 atom stereocenters. The molecule has 0 N–H and O–H groups in total. The quantitative estimate of drug-likeness (QED) is 0.798. The molecule has 0 spiro atoms. The zero-order valence-corrected chi connectivity index (χ0v) is 14.6. The Labute approximate surface area is 137 Å². The lowest BCUT2D eigenvalue weighted by Gasteiger charge is -2.34. The second-order valence-electron chi connectivity index (χ2n) is 7.76. The number of nitrogens with zero attached hydrogens (tertiary/aromatic N) is 1. The summed E-state index contributed by atoms with van der Waals surface area (Å²) in [4.78, 5) is 27.1. The minimum absolute atomic E-state index is 0.00755. The first-order chi connectivity index (χ1) is 10.7. The summed E-state index contributed by atoms with van der Waals surface area (Å²) in [6, 6.07) is 0. The molecule has 1 aliphatic carbocycles. The first-order valence-electron chi connectivity index (χ1n) is 8.28. The van der Waals surface area contributed by atoms with Crippen molar-refractivity contribution in [3.63, 3.8) is 0 Å². The van der Waals surface area contributed by atoms with Gasteiger partial charge in [-0.25, -0.2) is 0 Å². The number of ketones is 1. The standard InChI is InChI=1S/C18H25NO4/c1-10-8-19(9-11(2)22-10)17(21)16-12(3)15-13(20)6-18(4,5)7-14(15)23-16/h10-11H,6-9H2,1-5H3/t10-,11-/m0/s1. The zero-order valence-electron chi connectivity index (χ0n) is 14.6. The fourth-order valence-electron chi connectivity index (χ4n) is 3.77. The normalized spacial score (nSPS) is 27.0. The third kappa shape index (κ3) is 2.94. The van der Waals surface area contributed by atoms with Gasteiger partial charge in [-0.05, 0) is 26.2 Å². The van der Waals surface area contributed by atoms with Crippen LogP contribution in [-0.2, 0) is 11.2 Å². The molecule has 1 saturated heterocycles. The van der Waals surface area contributed by atoms with Gasteiger partial charge in [0.1, 0.15) is 5.76 Å². The van der Waals surface area contributed by atoms with Gasteiger partial charge in [0.2, 0.25) is 0 Å². The van der Waals surface area contributed by atoms with Crippen molar-refractivity contribution in [3.8, 4) is 0 Å². The Kier molecular flexibility index (Phi) is 3.87. The molecule has 126 valence electrons. The summed E-state index contributed by atoms with van der Waals surface area (Å²) in [5.74, 6) is 0.938. The number of rotatable bonds is 1. The lowest BCUT2D eigenvalue weighted by atomic mass is 9.76. The summed E-state index contributed by atoms with van der Waals surface area (Å²) in [5.41, 5.74) is 1.20. The van der Waals surface area contributed by atoms with Gasteiger partial charge >= 0.3 is 0 Å². The van der Waals surface area contributed by atoms with Crippen LogP contribution in [0.4, 0.5) is 0 Å². The van der Waals surface area contributed by atoms with Crippen LogP contribution >= 0.6 is 0 Å².